The van der Waals surface area contributed by atoms with E-state index in [0.717, 1.165) is 31.6 Å². The largest absolute Gasteiger partial charge is 0.369 e. The van der Waals surface area contributed by atoms with Crippen molar-refractivity contribution in [3.05, 3.63) is 11.3 Å². The van der Waals surface area contributed by atoms with Crippen LogP contribution >= 0.6 is 0 Å². The van der Waals surface area contributed by atoms with Crippen molar-refractivity contribution in [1.29, 1.82) is 0 Å². The van der Waals surface area contributed by atoms with Gasteiger partial charge < -0.3 is 16.8 Å². The maximum atomic E-state index is 6.08. The molecule has 1 spiro atoms. The summed E-state index contributed by atoms with van der Waals surface area (Å²) < 4.78 is 0. The zero-order chi connectivity index (χ0) is 16.6. The molecule has 2 fully saturated rings. The Morgan fingerprint density at radius 1 is 1.00 bits per heavy atom. The standard InChI is InChI=1S/C19H31N5/c20-14-7-5-13(6-8-14)12-22-17-15-4-3-11-19(9-1-2-10-19)16(15)23-18(21)24-17/h13-14H,1-12,20H2,(H3,21,22,23,24). The number of hydrogen-bond donors (Lipinski definition) is 3. The van der Waals surface area contributed by atoms with Crippen molar-refractivity contribution < 1.29 is 0 Å². The molecule has 0 bridgehead atoms. The molecule has 2 saturated carbocycles. The Balaban J connectivity index is 1.54. The lowest BCUT2D eigenvalue weighted by atomic mass is 9.71. The molecule has 4 rings (SSSR count). The average molecular weight is 329 g/mol. The molecule has 0 saturated heterocycles. The first-order valence-corrected chi connectivity index (χ1v) is 9.83. The number of nitrogens with two attached hydrogens (primary N) is 2. The molecule has 3 aliphatic carbocycles. The van der Waals surface area contributed by atoms with Crippen LogP contribution in [0.2, 0.25) is 0 Å². The van der Waals surface area contributed by atoms with Gasteiger partial charge in [-0.25, -0.2) is 4.98 Å². The number of nitrogens with zero attached hydrogens (tertiary/aromatic N) is 2. The lowest BCUT2D eigenvalue weighted by Gasteiger charge is -2.35. The van der Waals surface area contributed by atoms with Crippen LogP contribution in [0.3, 0.4) is 0 Å². The number of nitrogens with one attached hydrogen (secondary N) is 1. The molecule has 132 valence electrons. The van der Waals surface area contributed by atoms with Crippen molar-refractivity contribution in [2.45, 2.75) is 82.1 Å². The molecule has 0 atom stereocenters. The third-order valence-corrected chi connectivity index (χ3v) is 6.62. The molecule has 1 aromatic rings. The van der Waals surface area contributed by atoms with Crippen molar-refractivity contribution >= 4 is 11.8 Å². The second kappa shape index (κ2) is 6.51. The highest BCUT2D eigenvalue weighted by atomic mass is 15.1. The molecule has 1 aromatic heterocycles. The van der Waals surface area contributed by atoms with E-state index in [1.54, 1.807) is 0 Å². The molecule has 3 aliphatic rings. The minimum absolute atomic E-state index is 0.290. The molecule has 5 heteroatoms. The lowest BCUT2D eigenvalue weighted by molar-refractivity contribution is 0.338. The monoisotopic (exact) mass is 329 g/mol. The SMILES string of the molecule is Nc1nc(NCC2CCC(N)CC2)c2c(n1)C1(CCCC1)CCC2. The maximum Gasteiger partial charge on any atom is 0.222 e. The molecule has 0 aliphatic heterocycles. The molecule has 5 N–H and O–H groups in total. The highest BCUT2D eigenvalue weighted by Gasteiger charge is 2.41. The highest BCUT2D eigenvalue weighted by molar-refractivity contribution is 5.53. The number of anilines is 2. The molecule has 1 heterocycles. The van der Waals surface area contributed by atoms with Crippen LogP contribution in [-0.4, -0.2) is 22.6 Å². The fraction of sp³-hybridized carbons (Fsp3) is 0.789. The van der Waals surface area contributed by atoms with Crippen molar-refractivity contribution in [2.24, 2.45) is 11.7 Å². The van der Waals surface area contributed by atoms with Crippen LogP contribution in [0.4, 0.5) is 11.8 Å². The van der Waals surface area contributed by atoms with Gasteiger partial charge in [0, 0.05) is 23.6 Å². The van der Waals surface area contributed by atoms with Gasteiger partial charge in [0.15, 0.2) is 0 Å². The van der Waals surface area contributed by atoms with Crippen molar-refractivity contribution in [3.63, 3.8) is 0 Å². The van der Waals surface area contributed by atoms with Crippen LogP contribution in [0.5, 0.6) is 0 Å². The second-order valence-electron chi connectivity index (χ2n) is 8.26. The Labute approximate surface area is 145 Å². The van der Waals surface area contributed by atoms with Gasteiger partial charge in [-0.15, -0.1) is 0 Å². The molecular weight excluding hydrogens is 298 g/mol. The van der Waals surface area contributed by atoms with Crippen LogP contribution in [0.15, 0.2) is 0 Å². The highest BCUT2D eigenvalue weighted by Crippen LogP contribution is 2.49. The van der Waals surface area contributed by atoms with Gasteiger partial charge in [0.1, 0.15) is 5.82 Å². The fourth-order valence-electron chi connectivity index (χ4n) is 5.22. The van der Waals surface area contributed by atoms with Crippen molar-refractivity contribution in [1.82, 2.24) is 9.97 Å². The van der Waals surface area contributed by atoms with Crippen LogP contribution in [0.1, 0.15) is 75.5 Å². The zero-order valence-corrected chi connectivity index (χ0v) is 14.7. The molecule has 0 radical (unpaired) electrons. The Morgan fingerprint density at radius 2 is 1.71 bits per heavy atom. The van der Waals surface area contributed by atoms with E-state index >= 15 is 0 Å². The zero-order valence-electron chi connectivity index (χ0n) is 14.7. The van der Waals surface area contributed by atoms with Crippen molar-refractivity contribution in [3.8, 4) is 0 Å². The lowest BCUT2D eigenvalue weighted by Crippen LogP contribution is -2.32. The molecule has 24 heavy (non-hydrogen) atoms. The summed E-state index contributed by atoms with van der Waals surface area (Å²) in [5, 5.41) is 3.63. The minimum atomic E-state index is 0.290. The number of aromatic nitrogens is 2. The van der Waals surface area contributed by atoms with E-state index in [2.05, 4.69) is 10.3 Å². The third-order valence-electron chi connectivity index (χ3n) is 6.62. The number of fused-ring (bicyclic) bond motifs is 2. The average Bonchev–Trinajstić information content (AvgIpc) is 3.04. The Bertz CT molecular complexity index is 586. The van der Waals surface area contributed by atoms with E-state index in [9.17, 15) is 0 Å². The molecule has 0 amide bonds. The van der Waals surface area contributed by atoms with Gasteiger partial charge in [-0.3, -0.25) is 0 Å². The van der Waals surface area contributed by atoms with Gasteiger partial charge in [0.05, 0.1) is 5.69 Å². The Kier molecular flexibility index (Phi) is 4.37. The van der Waals surface area contributed by atoms with Crippen LogP contribution in [0.25, 0.3) is 0 Å². The Hall–Kier alpha value is -1.36. The van der Waals surface area contributed by atoms with E-state index in [1.807, 2.05) is 0 Å². The van der Waals surface area contributed by atoms with E-state index < -0.39 is 0 Å². The third kappa shape index (κ3) is 2.99. The predicted octanol–water partition coefficient (Wildman–Crippen LogP) is 3.14. The first-order chi connectivity index (χ1) is 11.7. The van der Waals surface area contributed by atoms with Gasteiger partial charge in [0.2, 0.25) is 5.95 Å². The molecule has 5 nitrogen and oxygen atoms in total. The topological polar surface area (TPSA) is 89.8 Å². The van der Waals surface area contributed by atoms with Gasteiger partial charge >= 0.3 is 0 Å². The summed E-state index contributed by atoms with van der Waals surface area (Å²) in [4.78, 5) is 9.30. The van der Waals surface area contributed by atoms with E-state index in [1.165, 1.54) is 62.6 Å². The summed E-state index contributed by atoms with van der Waals surface area (Å²) in [5.74, 6) is 2.16. The summed E-state index contributed by atoms with van der Waals surface area (Å²) in [5.41, 5.74) is 15.0. The number of nitrogen functional groups attached to an aromatic ring is 1. The van der Waals surface area contributed by atoms with Crippen molar-refractivity contribution in [2.75, 3.05) is 17.6 Å². The molecule has 0 aromatic carbocycles. The van der Waals surface area contributed by atoms with Gasteiger partial charge in [0.25, 0.3) is 0 Å². The normalized spacial score (nSPS) is 28.7. The maximum absolute atomic E-state index is 6.08. The van der Waals surface area contributed by atoms with Crippen LogP contribution < -0.4 is 16.8 Å². The first kappa shape index (κ1) is 16.1. The van der Waals surface area contributed by atoms with Gasteiger partial charge in [-0.1, -0.05) is 12.8 Å². The molecule has 0 unspecified atom stereocenters. The summed E-state index contributed by atoms with van der Waals surface area (Å²) in [6, 6.07) is 0.408. The van der Waals surface area contributed by atoms with E-state index in [4.69, 9.17) is 16.5 Å². The van der Waals surface area contributed by atoms with Crippen LogP contribution in [0, 0.1) is 5.92 Å². The minimum Gasteiger partial charge on any atom is -0.369 e. The summed E-state index contributed by atoms with van der Waals surface area (Å²) in [6.07, 6.45) is 13.6. The number of hydrogen-bond acceptors (Lipinski definition) is 5. The fourth-order valence-corrected chi connectivity index (χ4v) is 5.22. The summed E-state index contributed by atoms with van der Waals surface area (Å²) in [7, 11) is 0. The van der Waals surface area contributed by atoms with E-state index in [-0.39, 0.29) is 0 Å². The first-order valence-electron chi connectivity index (χ1n) is 9.83. The Morgan fingerprint density at radius 3 is 2.46 bits per heavy atom. The van der Waals surface area contributed by atoms with Gasteiger partial charge in [-0.05, 0) is 63.7 Å². The van der Waals surface area contributed by atoms with E-state index in [0.29, 0.717) is 23.3 Å². The number of rotatable bonds is 3. The van der Waals surface area contributed by atoms with Gasteiger partial charge in [-0.2, -0.15) is 4.98 Å². The summed E-state index contributed by atoms with van der Waals surface area (Å²) >= 11 is 0. The summed E-state index contributed by atoms with van der Waals surface area (Å²) in [6.45, 7) is 0.989. The molecular formula is C19H31N5. The van der Waals surface area contributed by atoms with Crippen LogP contribution in [-0.2, 0) is 11.8 Å². The second-order valence-corrected chi connectivity index (χ2v) is 8.26. The predicted molar refractivity (Wildman–Crippen MR) is 98.0 cm³/mol. The smallest absolute Gasteiger partial charge is 0.222 e. The quantitative estimate of drug-likeness (QED) is 0.792.